The van der Waals surface area contributed by atoms with E-state index in [1.807, 2.05) is 0 Å². The van der Waals surface area contributed by atoms with Crippen LogP contribution in [0.4, 0.5) is 5.69 Å². The molecule has 3 amide bonds. The van der Waals surface area contributed by atoms with E-state index in [-0.39, 0.29) is 48.1 Å². The smallest absolute Gasteiger partial charge is 0.261 e. The van der Waals surface area contributed by atoms with Gasteiger partial charge >= 0.3 is 0 Å². The van der Waals surface area contributed by atoms with Crippen LogP contribution in [0.2, 0.25) is 5.02 Å². The highest BCUT2D eigenvalue weighted by atomic mass is 35.5. The van der Waals surface area contributed by atoms with Crippen LogP contribution in [-0.2, 0) is 9.59 Å². The van der Waals surface area contributed by atoms with Gasteiger partial charge in [0.1, 0.15) is 12.4 Å². The number of hydrogen-bond acceptors (Lipinski definition) is 4. The Balaban J connectivity index is 1.35. The summed E-state index contributed by atoms with van der Waals surface area (Å²) in [6, 6.07) is 13.8. The molecule has 0 radical (unpaired) electrons. The summed E-state index contributed by atoms with van der Waals surface area (Å²) in [5.41, 5.74) is 0.870. The van der Waals surface area contributed by atoms with Crippen molar-refractivity contribution >= 4 is 35.0 Å². The van der Waals surface area contributed by atoms with Gasteiger partial charge in [-0.25, -0.2) is 0 Å². The van der Waals surface area contributed by atoms with Crippen molar-refractivity contribution in [3.8, 4) is 5.75 Å². The van der Waals surface area contributed by atoms with Crippen molar-refractivity contribution in [2.45, 2.75) is 6.42 Å². The quantitative estimate of drug-likeness (QED) is 0.497. The number of anilines is 1. The summed E-state index contributed by atoms with van der Waals surface area (Å²) in [5.74, 6) is 0.672. The number of halogens is 1. The van der Waals surface area contributed by atoms with Crippen molar-refractivity contribution in [3.05, 3.63) is 71.3 Å². The summed E-state index contributed by atoms with van der Waals surface area (Å²) in [4.78, 5) is 43.3. The standard InChI is InChI=1S/C26H23ClN2O4/c1-33-15-8-6-14(7-9-15)28(24(30)18-4-2-3-5-21(18)27)13-29-25(31)22-16-10-11-17(20-12-19(16)20)23(22)26(29)32/h2-11,16-17,19-20,22-23H,12-13H2,1H3. The van der Waals surface area contributed by atoms with Crippen LogP contribution in [0, 0.1) is 35.5 Å². The van der Waals surface area contributed by atoms with Crippen LogP contribution in [0.25, 0.3) is 0 Å². The summed E-state index contributed by atoms with van der Waals surface area (Å²) < 4.78 is 5.24. The molecule has 1 aliphatic heterocycles. The number of rotatable bonds is 5. The fourth-order valence-corrected chi connectivity index (χ4v) is 6.32. The maximum atomic E-state index is 13.6. The summed E-state index contributed by atoms with van der Waals surface area (Å²) >= 11 is 6.32. The van der Waals surface area contributed by atoms with Crippen LogP contribution in [0.1, 0.15) is 16.8 Å². The first-order valence-electron chi connectivity index (χ1n) is 11.2. The van der Waals surface area contributed by atoms with Gasteiger partial charge in [-0.15, -0.1) is 0 Å². The molecule has 6 nitrogen and oxygen atoms in total. The molecule has 0 aromatic heterocycles. The van der Waals surface area contributed by atoms with Gasteiger partial charge in [-0.2, -0.15) is 0 Å². The Morgan fingerprint density at radius 2 is 1.61 bits per heavy atom. The van der Waals surface area contributed by atoms with Crippen molar-refractivity contribution in [2.75, 3.05) is 18.7 Å². The molecule has 7 heteroatoms. The third-order valence-corrected chi connectivity index (χ3v) is 8.10. The van der Waals surface area contributed by atoms with Crippen LogP contribution < -0.4 is 9.64 Å². The molecular formula is C26H23ClN2O4. The molecule has 5 aliphatic rings. The Bertz CT molecular complexity index is 1160. The summed E-state index contributed by atoms with van der Waals surface area (Å²) in [6.07, 6.45) is 5.40. The second-order valence-corrected chi connectivity index (χ2v) is 9.72. The number of likely N-dealkylation sites (tertiary alicyclic amines) is 1. The topological polar surface area (TPSA) is 66.9 Å². The molecule has 1 heterocycles. The van der Waals surface area contributed by atoms with E-state index in [9.17, 15) is 14.4 Å². The zero-order chi connectivity index (χ0) is 22.9. The highest BCUT2D eigenvalue weighted by Crippen LogP contribution is 2.65. The highest BCUT2D eigenvalue weighted by molar-refractivity contribution is 6.34. The average Bonchev–Trinajstić information content (AvgIpc) is 3.62. The molecule has 6 unspecified atom stereocenters. The van der Waals surface area contributed by atoms with Gasteiger partial charge in [-0.1, -0.05) is 35.9 Å². The van der Waals surface area contributed by atoms with Gasteiger partial charge in [0.25, 0.3) is 5.91 Å². The molecule has 2 aromatic rings. The summed E-state index contributed by atoms with van der Waals surface area (Å²) in [6.45, 7) is -0.143. The molecule has 168 valence electrons. The van der Waals surface area contributed by atoms with Crippen LogP contribution in [0.15, 0.2) is 60.7 Å². The number of carbonyl (C=O) groups excluding carboxylic acids is 3. The Morgan fingerprint density at radius 1 is 1.00 bits per heavy atom. The Labute approximate surface area is 196 Å². The second-order valence-electron chi connectivity index (χ2n) is 9.31. The monoisotopic (exact) mass is 462 g/mol. The molecule has 0 N–H and O–H groups in total. The maximum Gasteiger partial charge on any atom is 0.261 e. The van der Waals surface area contributed by atoms with Crippen LogP contribution in [0.3, 0.4) is 0 Å². The number of imide groups is 1. The molecule has 2 bridgehead atoms. The highest BCUT2D eigenvalue weighted by Gasteiger charge is 2.67. The largest absolute Gasteiger partial charge is 0.497 e. The number of benzene rings is 2. The van der Waals surface area contributed by atoms with Crippen LogP contribution >= 0.6 is 11.6 Å². The predicted octanol–water partition coefficient (Wildman–Crippen LogP) is 4.01. The zero-order valence-corrected chi connectivity index (χ0v) is 18.8. The van der Waals surface area contributed by atoms with Gasteiger partial charge in [0.15, 0.2) is 0 Å². The minimum absolute atomic E-state index is 0.139. The summed E-state index contributed by atoms with van der Waals surface area (Å²) in [7, 11) is 1.57. The van der Waals surface area contributed by atoms with E-state index in [0.29, 0.717) is 33.9 Å². The van der Waals surface area contributed by atoms with E-state index >= 15 is 0 Å². The fraction of sp³-hybridized carbons (Fsp3) is 0.346. The number of methoxy groups -OCH3 is 1. The molecule has 4 aliphatic carbocycles. The first-order chi connectivity index (χ1) is 16.0. The SMILES string of the molecule is COc1ccc(N(CN2C(=O)C3C4C=CC(C5CC45)C3C2=O)C(=O)c2ccccc2Cl)cc1. The van der Waals surface area contributed by atoms with Crippen molar-refractivity contribution in [2.24, 2.45) is 35.5 Å². The average molecular weight is 463 g/mol. The van der Waals surface area contributed by atoms with E-state index in [4.69, 9.17) is 16.3 Å². The molecule has 1 saturated heterocycles. The number of carbonyl (C=O) groups is 3. The number of allylic oxidation sites excluding steroid dienone is 2. The predicted molar refractivity (Wildman–Crippen MR) is 123 cm³/mol. The number of amides is 3. The molecule has 33 heavy (non-hydrogen) atoms. The second kappa shape index (κ2) is 7.45. The minimum Gasteiger partial charge on any atom is -0.497 e. The van der Waals surface area contributed by atoms with E-state index in [1.165, 1.54) is 9.80 Å². The Hall–Kier alpha value is -3.12. The van der Waals surface area contributed by atoms with E-state index in [1.54, 1.807) is 55.6 Å². The normalized spacial score (nSPS) is 30.8. The third kappa shape index (κ3) is 3.04. The lowest BCUT2D eigenvalue weighted by Gasteiger charge is -2.37. The van der Waals surface area contributed by atoms with Gasteiger partial charge in [0.2, 0.25) is 11.8 Å². The molecule has 6 atom stereocenters. The fourth-order valence-electron chi connectivity index (χ4n) is 6.10. The lowest BCUT2D eigenvalue weighted by molar-refractivity contribution is -0.140. The Kier molecular flexibility index (Phi) is 4.63. The molecule has 2 saturated carbocycles. The van der Waals surface area contributed by atoms with Gasteiger partial charge < -0.3 is 4.74 Å². The third-order valence-electron chi connectivity index (χ3n) is 7.77. The van der Waals surface area contributed by atoms with Crippen LogP contribution in [-0.4, -0.2) is 36.4 Å². The van der Waals surface area contributed by atoms with Crippen molar-refractivity contribution in [3.63, 3.8) is 0 Å². The molecule has 2 aromatic carbocycles. The van der Waals surface area contributed by atoms with Crippen LogP contribution in [0.5, 0.6) is 5.75 Å². The van der Waals surface area contributed by atoms with E-state index < -0.39 is 0 Å². The number of hydrogen-bond donors (Lipinski definition) is 0. The first-order valence-corrected chi connectivity index (χ1v) is 11.6. The lowest BCUT2D eigenvalue weighted by Crippen LogP contribution is -2.45. The van der Waals surface area contributed by atoms with E-state index in [0.717, 1.165) is 6.42 Å². The number of ether oxygens (including phenoxy) is 1. The van der Waals surface area contributed by atoms with Gasteiger partial charge in [0, 0.05) is 5.69 Å². The lowest BCUT2D eigenvalue weighted by atomic mass is 9.63. The molecule has 3 fully saturated rings. The van der Waals surface area contributed by atoms with E-state index in [2.05, 4.69) is 12.2 Å². The van der Waals surface area contributed by atoms with Gasteiger partial charge in [-0.05, 0) is 66.5 Å². The minimum atomic E-state index is -0.370. The summed E-state index contributed by atoms with van der Waals surface area (Å²) in [5, 5.41) is 0.316. The number of nitrogens with zero attached hydrogens (tertiary/aromatic N) is 2. The Morgan fingerprint density at radius 3 is 2.18 bits per heavy atom. The van der Waals surface area contributed by atoms with Gasteiger partial charge in [0.05, 0.1) is 29.5 Å². The zero-order valence-electron chi connectivity index (χ0n) is 18.1. The van der Waals surface area contributed by atoms with Crippen molar-refractivity contribution in [1.29, 1.82) is 0 Å². The molecule has 7 rings (SSSR count). The van der Waals surface area contributed by atoms with Crippen molar-refractivity contribution in [1.82, 2.24) is 4.90 Å². The van der Waals surface area contributed by atoms with Crippen molar-refractivity contribution < 1.29 is 19.1 Å². The first kappa shape index (κ1) is 20.5. The molecular weight excluding hydrogens is 440 g/mol. The molecule has 0 spiro atoms. The maximum absolute atomic E-state index is 13.6. The van der Waals surface area contributed by atoms with Gasteiger partial charge in [-0.3, -0.25) is 24.2 Å².